The average molecular weight is 163 g/mol. The summed E-state index contributed by atoms with van der Waals surface area (Å²) in [7, 11) is 2.17. The fraction of sp³-hybridized carbons (Fsp3) is 0. The fourth-order valence-corrected chi connectivity index (χ4v) is 0. The maximum Gasteiger partial charge on any atom is 2.00 e. The Balaban J connectivity index is -0.00000000500. The quantitative estimate of drug-likeness (QED) is 0.285. The molecule has 0 aliphatic rings. The standard InChI is InChI=1S/CH4P.CH3.Ru/c1-2;;/h1-2H2;1H3;/q2*-1;+2. The molecule has 0 aliphatic heterocycles. The second-order valence-electron chi connectivity index (χ2n) is 0. The molecule has 0 aliphatic carbocycles. The van der Waals surface area contributed by atoms with Crippen molar-refractivity contribution in [2.75, 3.05) is 0 Å². The van der Waals surface area contributed by atoms with Crippen LogP contribution in [-0.4, -0.2) is 0 Å². The summed E-state index contributed by atoms with van der Waals surface area (Å²) in [5, 5.41) is 0. The van der Waals surface area contributed by atoms with E-state index < -0.39 is 0 Å². The van der Waals surface area contributed by atoms with Gasteiger partial charge in [0.15, 0.2) is 0 Å². The van der Waals surface area contributed by atoms with Crippen molar-refractivity contribution in [2.45, 2.75) is 0 Å². The van der Waals surface area contributed by atoms with Crippen LogP contribution >= 0.6 is 9.24 Å². The topological polar surface area (TPSA) is 0 Å². The van der Waals surface area contributed by atoms with E-state index in [9.17, 15) is 0 Å². The van der Waals surface area contributed by atoms with Gasteiger partial charge in [0.1, 0.15) is 0 Å². The first kappa shape index (κ1) is 19.7. The molecule has 0 rings (SSSR count). The third-order valence-corrected chi connectivity index (χ3v) is 0. The van der Waals surface area contributed by atoms with E-state index in [1.807, 2.05) is 0 Å². The van der Waals surface area contributed by atoms with Crippen LogP contribution in [0.1, 0.15) is 0 Å². The molecule has 0 radical (unpaired) electrons. The van der Waals surface area contributed by atoms with Gasteiger partial charge in [0.25, 0.3) is 0 Å². The van der Waals surface area contributed by atoms with Crippen LogP contribution in [0.5, 0.6) is 0 Å². The Hall–Kier alpha value is 1.05. The van der Waals surface area contributed by atoms with Crippen molar-refractivity contribution < 1.29 is 19.5 Å². The summed E-state index contributed by atoms with van der Waals surface area (Å²) in [4.78, 5) is 0. The fourth-order valence-electron chi connectivity index (χ4n) is 0. The van der Waals surface area contributed by atoms with Crippen LogP contribution in [0.4, 0.5) is 0 Å². The molecule has 0 aromatic rings. The first-order valence-electron chi connectivity index (χ1n) is 0.408. The summed E-state index contributed by atoms with van der Waals surface area (Å²) in [6, 6.07) is 0. The maximum atomic E-state index is 3.17. The third-order valence-electron chi connectivity index (χ3n) is 0. The third kappa shape index (κ3) is 11.6. The molecule has 0 saturated carbocycles. The van der Waals surface area contributed by atoms with Crippen molar-refractivity contribution in [1.29, 1.82) is 0 Å². The van der Waals surface area contributed by atoms with Crippen molar-refractivity contribution in [3.05, 3.63) is 14.1 Å². The van der Waals surface area contributed by atoms with Crippen molar-refractivity contribution in [1.82, 2.24) is 0 Å². The van der Waals surface area contributed by atoms with Gasteiger partial charge in [0.2, 0.25) is 0 Å². The van der Waals surface area contributed by atoms with Gasteiger partial charge in [-0.1, -0.05) is 0 Å². The molecule has 2 heteroatoms. The van der Waals surface area contributed by atoms with E-state index in [0.717, 1.165) is 0 Å². The van der Waals surface area contributed by atoms with Gasteiger partial charge < -0.3 is 23.3 Å². The molecular formula is C2H7PRu. The summed E-state index contributed by atoms with van der Waals surface area (Å²) in [5.74, 6) is 0. The average Bonchev–Trinajstić information content (AvgIpc) is 1.00. The SMILES string of the molecule is [CH2-]P.[CH3-].[Ru+2]. The minimum Gasteiger partial charge on any atom is -0.358 e. The van der Waals surface area contributed by atoms with Gasteiger partial charge in [0.05, 0.1) is 0 Å². The molecule has 0 aromatic carbocycles. The zero-order valence-electron chi connectivity index (χ0n) is 2.64. The van der Waals surface area contributed by atoms with Crippen molar-refractivity contribution in [2.24, 2.45) is 0 Å². The van der Waals surface area contributed by atoms with Crippen molar-refractivity contribution in [3.8, 4) is 0 Å². The van der Waals surface area contributed by atoms with E-state index in [1.165, 1.54) is 0 Å². The largest absolute Gasteiger partial charge is 2.00 e. The van der Waals surface area contributed by atoms with Crippen LogP contribution in [0, 0.1) is 14.1 Å². The van der Waals surface area contributed by atoms with Gasteiger partial charge in [0, 0.05) is 0 Å². The van der Waals surface area contributed by atoms with Gasteiger partial charge in [-0.2, -0.15) is 0 Å². The smallest absolute Gasteiger partial charge is 0.358 e. The minimum absolute atomic E-state index is 0. The molecule has 0 nitrogen and oxygen atoms in total. The molecule has 0 saturated heterocycles. The van der Waals surface area contributed by atoms with E-state index in [0.29, 0.717) is 0 Å². The van der Waals surface area contributed by atoms with E-state index >= 15 is 0 Å². The van der Waals surface area contributed by atoms with Gasteiger partial charge >= 0.3 is 19.5 Å². The Labute approximate surface area is 43.3 Å². The van der Waals surface area contributed by atoms with Gasteiger partial charge in [-0.3, -0.25) is 0 Å². The van der Waals surface area contributed by atoms with E-state index in [2.05, 4.69) is 15.9 Å². The Bertz CT molecular complexity index is 6.00. The summed E-state index contributed by atoms with van der Waals surface area (Å²) in [6.07, 6.45) is 0. The predicted octanol–water partition coefficient (Wildman–Crippen LogP) is 1.10. The molecule has 1 atom stereocenters. The molecule has 0 aromatic heterocycles. The van der Waals surface area contributed by atoms with Crippen molar-refractivity contribution in [3.63, 3.8) is 0 Å². The molecule has 0 N–H and O–H groups in total. The molecule has 0 amide bonds. The molecule has 28 valence electrons. The van der Waals surface area contributed by atoms with Crippen LogP contribution in [0.3, 0.4) is 0 Å². The van der Waals surface area contributed by atoms with Crippen LogP contribution in [-0.2, 0) is 19.5 Å². The normalized spacial score (nSPS) is 1.50. The Morgan fingerprint density at radius 2 is 1.25 bits per heavy atom. The molecule has 1 unspecified atom stereocenters. The summed E-state index contributed by atoms with van der Waals surface area (Å²) in [6.45, 7) is 3.17. The minimum atomic E-state index is 0. The van der Waals surface area contributed by atoms with Crippen molar-refractivity contribution >= 4 is 9.24 Å². The Kier molecular flexibility index (Phi) is 168. The van der Waals surface area contributed by atoms with Gasteiger partial charge in [-0.15, -0.1) is 0 Å². The number of rotatable bonds is 0. The zero-order valence-corrected chi connectivity index (χ0v) is 5.53. The molecule has 0 bridgehead atoms. The molecular weight excluding hydrogens is 156 g/mol. The molecule has 4 heavy (non-hydrogen) atoms. The summed E-state index contributed by atoms with van der Waals surface area (Å²) in [5.41, 5.74) is 0. The van der Waals surface area contributed by atoms with Gasteiger partial charge in [-0.05, 0) is 0 Å². The predicted molar refractivity (Wildman–Crippen MR) is 21.5 cm³/mol. The molecule has 0 spiro atoms. The molecule has 0 fully saturated rings. The van der Waals surface area contributed by atoms with Crippen LogP contribution in [0.25, 0.3) is 0 Å². The zero-order chi connectivity index (χ0) is 2.00. The van der Waals surface area contributed by atoms with Crippen LogP contribution in [0.2, 0.25) is 0 Å². The Morgan fingerprint density at radius 3 is 1.25 bits per heavy atom. The second-order valence-corrected chi connectivity index (χ2v) is 0. The first-order valence-corrected chi connectivity index (χ1v) is 1.22. The monoisotopic (exact) mass is 164 g/mol. The number of hydrogen-bond acceptors (Lipinski definition) is 0. The number of hydrogen-bond donors (Lipinski definition) is 0. The maximum absolute atomic E-state index is 3.17. The van der Waals surface area contributed by atoms with E-state index in [1.54, 1.807) is 0 Å². The van der Waals surface area contributed by atoms with Crippen LogP contribution in [0.15, 0.2) is 0 Å². The molecule has 0 heterocycles. The van der Waals surface area contributed by atoms with E-state index in [4.69, 9.17) is 0 Å². The van der Waals surface area contributed by atoms with E-state index in [-0.39, 0.29) is 26.9 Å². The second kappa shape index (κ2) is 34.1. The van der Waals surface area contributed by atoms with Crippen LogP contribution < -0.4 is 0 Å². The Morgan fingerprint density at radius 1 is 1.25 bits per heavy atom. The van der Waals surface area contributed by atoms with Gasteiger partial charge in [-0.25, -0.2) is 0 Å². The summed E-state index contributed by atoms with van der Waals surface area (Å²) >= 11 is 0. The summed E-state index contributed by atoms with van der Waals surface area (Å²) < 4.78 is 0. The first-order chi connectivity index (χ1) is 1.00.